The van der Waals surface area contributed by atoms with Crippen LogP contribution in [0.25, 0.3) is 5.65 Å². The number of carbonyl (C=O) groups is 1. The Bertz CT molecular complexity index is 1220. The molecule has 0 aliphatic rings. The number of rotatable bonds is 6. The third-order valence-electron chi connectivity index (χ3n) is 3.90. The summed E-state index contributed by atoms with van der Waals surface area (Å²) >= 11 is 0. The van der Waals surface area contributed by atoms with E-state index in [1.807, 2.05) is 0 Å². The quantitative estimate of drug-likeness (QED) is 0.585. The first-order valence-electron chi connectivity index (χ1n) is 8.22. The predicted molar refractivity (Wildman–Crippen MR) is 93.9 cm³/mol. The van der Waals surface area contributed by atoms with Crippen LogP contribution in [-0.4, -0.2) is 45.5 Å². The molecule has 0 fully saturated rings. The predicted octanol–water partition coefficient (Wildman–Crippen LogP) is 1.00. The Hall–Kier alpha value is -3.22. The van der Waals surface area contributed by atoms with Crippen LogP contribution in [0.15, 0.2) is 52.5 Å². The summed E-state index contributed by atoms with van der Waals surface area (Å²) in [6.45, 7) is 0.112. The van der Waals surface area contributed by atoms with Gasteiger partial charge in [0.05, 0.1) is 5.56 Å². The van der Waals surface area contributed by atoms with Gasteiger partial charge in [-0.2, -0.15) is 13.2 Å². The first-order valence-corrected chi connectivity index (χ1v) is 9.70. The highest BCUT2D eigenvalue weighted by Gasteiger charge is 2.49. The first-order chi connectivity index (χ1) is 13.6. The van der Waals surface area contributed by atoms with Crippen LogP contribution in [0.1, 0.15) is 16.8 Å². The monoisotopic (exact) mass is 429 g/mol. The number of halogens is 3. The standard InChI is InChI=1S/C16H14F3N5O4S/c17-16(18,19)29(27,28)14-11(5-3-7-21-14)13(25)20-8-4-10-24-15(26)23-9-2-1-6-12(23)22-24/h1-3,5-7,9H,4,8,10H2,(H,20,25). The second kappa shape index (κ2) is 7.66. The van der Waals surface area contributed by atoms with E-state index >= 15 is 0 Å². The van der Waals surface area contributed by atoms with Crippen LogP contribution in [0, 0.1) is 0 Å². The Kier molecular flexibility index (Phi) is 5.42. The third kappa shape index (κ3) is 3.99. The number of aryl methyl sites for hydroxylation is 1. The molecule has 0 aromatic carbocycles. The molecule has 0 saturated carbocycles. The number of fused-ring (bicyclic) bond motifs is 1. The van der Waals surface area contributed by atoms with Crippen molar-refractivity contribution < 1.29 is 26.4 Å². The molecule has 0 aliphatic carbocycles. The van der Waals surface area contributed by atoms with Gasteiger partial charge in [-0.15, -0.1) is 5.10 Å². The van der Waals surface area contributed by atoms with E-state index in [1.165, 1.54) is 9.08 Å². The van der Waals surface area contributed by atoms with Crippen molar-refractivity contribution in [1.82, 2.24) is 24.5 Å². The molecule has 3 aromatic rings. The molecule has 1 N–H and O–H groups in total. The van der Waals surface area contributed by atoms with Gasteiger partial charge in [-0.3, -0.25) is 9.20 Å². The molecule has 3 rings (SSSR count). The zero-order valence-electron chi connectivity index (χ0n) is 14.6. The van der Waals surface area contributed by atoms with E-state index in [0.29, 0.717) is 5.65 Å². The molecule has 29 heavy (non-hydrogen) atoms. The largest absolute Gasteiger partial charge is 0.503 e. The molecule has 1 amide bonds. The molecule has 0 unspecified atom stereocenters. The first kappa shape index (κ1) is 20.5. The van der Waals surface area contributed by atoms with E-state index in [2.05, 4.69) is 15.4 Å². The molecule has 13 heteroatoms. The average molecular weight is 429 g/mol. The van der Waals surface area contributed by atoms with Crippen LogP contribution in [0.3, 0.4) is 0 Å². The summed E-state index contributed by atoms with van der Waals surface area (Å²) in [5, 5.41) is 5.07. The summed E-state index contributed by atoms with van der Waals surface area (Å²) < 4.78 is 64.1. The SMILES string of the molecule is O=C(NCCCn1nc2ccccn2c1=O)c1cccnc1S(=O)(=O)C(F)(F)F. The van der Waals surface area contributed by atoms with Crippen LogP contribution in [-0.2, 0) is 16.4 Å². The molecule has 0 aliphatic heterocycles. The number of hydrogen-bond donors (Lipinski definition) is 1. The maximum absolute atomic E-state index is 12.8. The molecule has 0 saturated heterocycles. The van der Waals surface area contributed by atoms with Crippen molar-refractivity contribution in [3.8, 4) is 0 Å². The smallest absolute Gasteiger partial charge is 0.352 e. The van der Waals surface area contributed by atoms with Gasteiger partial charge in [0.1, 0.15) is 0 Å². The molecular formula is C16H14F3N5O4S. The maximum atomic E-state index is 12.8. The van der Waals surface area contributed by atoms with Crippen LogP contribution in [0.4, 0.5) is 13.2 Å². The number of hydrogen-bond acceptors (Lipinski definition) is 6. The van der Waals surface area contributed by atoms with Crippen LogP contribution >= 0.6 is 0 Å². The van der Waals surface area contributed by atoms with Crippen molar-refractivity contribution >= 4 is 21.4 Å². The van der Waals surface area contributed by atoms with E-state index in [1.54, 1.807) is 24.4 Å². The number of pyridine rings is 2. The number of amides is 1. The minimum absolute atomic E-state index is 0.0282. The van der Waals surface area contributed by atoms with E-state index in [0.717, 1.165) is 18.3 Å². The number of carbonyl (C=O) groups excluding carboxylic acids is 1. The number of aromatic nitrogens is 4. The molecule has 0 radical (unpaired) electrons. The Balaban J connectivity index is 1.68. The van der Waals surface area contributed by atoms with Crippen molar-refractivity contribution in [2.24, 2.45) is 0 Å². The molecule has 0 spiro atoms. The van der Waals surface area contributed by atoms with Crippen LogP contribution < -0.4 is 11.0 Å². The van der Waals surface area contributed by atoms with E-state index < -0.39 is 31.8 Å². The van der Waals surface area contributed by atoms with E-state index in [9.17, 15) is 31.2 Å². The maximum Gasteiger partial charge on any atom is 0.503 e. The minimum atomic E-state index is -5.78. The Morgan fingerprint density at radius 2 is 1.93 bits per heavy atom. The Morgan fingerprint density at radius 1 is 1.17 bits per heavy atom. The van der Waals surface area contributed by atoms with Crippen LogP contribution in [0.5, 0.6) is 0 Å². The van der Waals surface area contributed by atoms with Gasteiger partial charge in [-0.25, -0.2) is 22.9 Å². The molecule has 0 bridgehead atoms. The number of sulfone groups is 1. The molecule has 154 valence electrons. The highest BCUT2D eigenvalue weighted by atomic mass is 32.2. The number of alkyl halides is 3. The second-order valence-corrected chi connectivity index (χ2v) is 7.71. The van der Waals surface area contributed by atoms with Crippen LogP contribution in [0.2, 0.25) is 0 Å². The van der Waals surface area contributed by atoms with Crippen molar-refractivity contribution in [1.29, 1.82) is 0 Å². The summed E-state index contributed by atoms with van der Waals surface area (Å²) in [5.74, 6) is -1.02. The summed E-state index contributed by atoms with van der Waals surface area (Å²) in [6.07, 6.45) is 2.64. The molecular weight excluding hydrogens is 415 g/mol. The summed E-state index contributed by atoms with van der Waals surface area (Å²) in [6, 6.07) is 7.12. The van der Waals surface area contributed by atoms with Crippen molar-refractivity contribution in [2.45, 2.75) is 23.5 Å². The summed E-state index contributed by atoms with van der Waals surface area (Å²) in [4.78, 5) is 27.5. The van der Waals surface area contributed by atoms with Gasteiger partial charge < -0.3 is 5.32 Å². The third-order valence-corrected chi connectivity index (χ3v) is 5.34. The topological polar surface area (TPSA) is 115 Å². The Morgan fingerprint density at radius 3 is 2.62 bits per heavy atom. The lowest BCUT2D eigenvalue weighted by atomic mass is 10.2. The van der Waals surface area contributed by atoms with Gasteiger partial charge in [0.2, 0.25) is 0 Å². The molecule has 3 aromatic heterocycles. The van der Waals surface area contributed by atoms with Gasteiger partial charge in [-0.05, 0) is 30.7 Å². The van der Waals surface area contributed by atoms with Crippen molar-refractivity contribution in [3.63, 3.8) is 0 Å². The average Bonchev–Trinajstić information content (AvgIpc) is 3.00. The van der Waals surface area contributed by atoms with Crippen molar-refractivity contribution in [2.75, 3.05) is 6.54 Å². The van der Waals surface area contributed by atoms with E-state index in [4.69, 9.17) is 0 Å². The minimum Gasteiger partial charge on any atom is -0.352 e. The fraction of sp³-hybridized carbons (Fsp3) is 0.250. The summed E-state index contributed by atoms with van der Waals surface area (Å²) in [5.41, 5.74) is -6.23. The van der Waals surface area contributed by atoms with E-state index in [-0.39, 0.29) is 25.2 Å². The zero-order chi connectivity index (χ0) is 21.2. The van der Waals surface area contributed by atoms with Gasteiger partial charge in [0.15, 0.2) is 10.7 Å². The lowest BCUT2D eigenvalue weighted by Gasteiger charge is -2.11. The normalized spacial score (nSPS) is 12.2. The molecule has 0 atom stereocenters. The fourth-order valence-electron chi connectivity index (χ4n) is 2.53. The van der Waals surface area contributed by atoms with Gasteiger partial charge in [0.25, 0.3) is 15.7 Å². The lowest BCUT2D eigenvalue weighted by Crippen LogP contribution is -2.31. The van der Waals surface area contributed by atoms with Gasteiger partial charge in [-0.1, -0.05) is 6.07 Å². The highest BCUT2D eigenvalue weighted by Crippen LogP contribution is 2.30. The molecule has 9 nitrogen and oxygen atoms in total. The highest BCUT2D eigenvalue weighted by molar-refractivity contribution is 7.92. The fourth-order valence-corrected chi connectivity index (χ4v) is 3.40. The van der Waals surface area contributed by atoms with Gasteiger partial charge >= 0.3 is 11.2 Å². The lowest BCUT2D eigenvalue weighted by molar-refractivity contribution is -0.0438. The van der Waals surface area contributed by atoms with Crippen molar-refractivity contribution in [3.05, 3.63) is 58.8 Å². The number of nitrogens with zero attached hydrogens (tertiary/aromatic N) is 4. The second-order valence-electron chi connectivity index (χ2n) is 5.85. The Labute approximate surface area is 161 Å². The zero-order valence-corrected chi connectivity index (χ0v) is 15.4. The number of nitrogens with one attached hydrogen (secondary N) is 1. The molecule has 3 heterocycles. The van der Waals surface area contributed by atoms with Gasteiger partial charge in [0, 0.05) is 25.5 Å². The summed E-state index contributed by atoms with van der Waals surface area (Å²) in [7, 11) is -5.78.